The predicted octanol–water partition coefficient (Wildman–Crippen LogP) is 2.90. The van der Waals surface area contributed by atoms with Crippen molar-refractivity contribution < 1.29 is 4.42 Å². The van der Waals surface area contributed by atoms with Crippen LogP contribution >= 0.6 is 0 Å². The molecule has 0 aromatic carbocycles. The van der Waals surface area contributed by atoms with Crippen molar-refractivity contribution in [3.05, 3.63) is 36.3 Å². The molecule has 1 rings (SSSR count). The second-order valence-electron chi connectivity index (χ2n) is 3.29. The summed E-state index contributed by atoms with van der Waals surface area (Å²) in [4.78, 5) is 0. The number of hydrogen-bond acceptors (Lipinski definition) is 2. The fourth-order valence-corrected chi connectivity index (χ4v) is 1.36. The van der Waals surface area contributed by atoms with Gasteiger partial charge >= 0.3 is 0 Å². The van der Waals surface area contributed by atoms with Crippen LogP contribution in [0.3, 0.4) is 0 Å². The molecule has 13 heavy (non-hydrogen) atoms. The van der Waals surface area contributed by atoms with Crippen molar-refractivity contribution in [1.82, 2.24) is 5.32 Å². The van der Waals surface area contributed by atoms with E-state index < -0.39 is 0 Å². The lowest BCUT2D eigenvalue weighted by atomic mass is 10.1. The molecule has 2 nitrogen and oxygen atoms in total. The SMILES string of the molecule is C=C(C)CC(NCC)c1ccco1. The van der Waals surface area contributed by atoms with Gasteiger partial charge in [0, 0.05) is 0 Å². The van der Waals surface area contributed by atoms with Crippen molar-refractivity contribution in [3.63, 3.8) is 0 Å². The van der Waals surface area contributed by atoms with Crippen LogP contribution in [0, 0.1) is 0 Å². The van der Waals surface area contributed by atoms with Gasteiger partial charge in [0.2, 0.25) is 0 Å². The van der Waals surface area contributed by atoms with Crippen molar-refractivity contribution in [2.45, 2.75) is 26.3 Å². The lowest BCUT2D eigenvalue weighted by Gasteiger charge is -2.14. The second kappa shape index (κ2) is 4.87. The number of nitrogens with one attached hydrogen (secondary N) is 1. The third-order valence-corrected chi connectivity index (χ3v) is 1.89. The van der Waals surface area contributed by atoms with Crippen LogP contribution in [0.25, 0.3) is 0 Å². The van der Waals surface area contributed by atoms with Gasteiger partial charge in [0.05, 0.1) is 12.3 Å². The van der Waals surface area contributed by atoms with E-state index in [9.17, 15) is 0 Å². The van der Waals surface area contributed by atoms with E-state index in [2.05, 4.69) is 18.8 Å². The minimum Gasteiger partial charge on any atom is -0.468 e. The van der Waals surface area contributed by atoms with Gasteiger partial charge in [-0.3, -0.25) is 0 Å². The highest BCUT2D eigenvalue weighted by Gasteiger charge is 2.12. The summed E-state index contributed by atoms with van der Waals surface area (Å²) in [7, 11) is 0. The summed E-state index contributed by atoms with van der Waals surface area (Å²) in [6, 6.07) is 4.19. The molecule has 0 fully saturated rings. The Morgan fingerprint density at radius 3 is 2.92 bits per heavy atom. The van der Waals surface area contributed by atoms with E-state index in [4.69, 9.17) is 4.42 Å². The number of hydrogen-bond donors (Lipinski definition) is 1. The van der Waals surface area contributed by atoms with Crippen LogP contribution in [0.1, 0.15) is 32.1 Å². The normalized spacial score (nSPS) is 12.8. The maximum atomic E-state index is 5.35. The molecule has 1 heterocycles. The van der Waals surface area contributed by atoms with E-state index >= 15 is 0 Å². The molecule has 0 aliphatic rings. The minimum atomic E-state index is 0.275. The Hall–Kier alpha value is -1.02. The zero-order chi connectivity index (χ0) is 9.68. The van der Waals surface area contributed by atoms with Crippen LogP contribution in [0.5, 0.6) is 0 Å². The van der Waals surface area contributed by atoms with Gasteiger partial charge in [0.15, 0.2) is 0 Å². The van der Waals surface area contributed by atoms with Crippen molar-refractivity contribution in [2.75, 3.05) is 6.54 Å². The average molecular weight is 179 g/mol. The van der Waals surface area contributed by atoms with E-state index in [0.717, 1.165) is 18.7 Å². The first kappa shape index (κ1) is 10.1. The molecule has 0 saturated carbocycles. The smallest absolute Gasteiger partial charge is 0.120 e. The van der Waals surface area contributed by atoms with Crippen LogP contribution in [0.4, 0.5) is 0 Å². The number of rotatable bonds is 5. The van der Waals surface area contributed by atoms with E-state index in [1.807, 2.05) is 19.1 Å². The molecule has 0 saturated heterocycles. The highest BCUT2D eigenvalue weighted by molar-refractivity contribution is 5.08. The standard InChI is InChI=1S/C11H17NO/c1-4-12-10(8-9(2)3)11-6-5-7-13-11/h5-7,10,12H,2,4,8H2,1,3H3. The van der Waals surface area contributed by atoms with E-state index in [1.54, 1.807) is 6.26 Å². The molecule has 1 N–H and O–H groups in total. The Morgan fingerprint density at radius 1 is 1.69 bits per heavy atom. The van der Waals surface area contributed by atoms with Crippen LogP contribution in [0.15, 0.2) is 35.0 Å². The van der Waals surface area contributed by atoms with E-state index in [0.29, 0.717) is 0 Å². The summed E-state index contributed by atoms with van der Waals surface area (Å²) in [5, 5.41) is 3.36. The maximum absolute atomic E-state index is 5.35. The first-order valence-corrected chi connectivity index (χ1v) is 4.65. The van der Waals surface area contributed by atoms with Crippen LogP contribution in [0.2, 0.25) is 0 Å². The summed E-state index contributed by atoms with van der Waals surface area (Å²) >= 11 is 0. The van der Waals surface area contributed by atoms with Crippen molar-refractivity contribution in [1.29, 1.82) is 0 Å². The third kappa shape index (κ3) is 3.07. The van der Waals surface area contributed by atoms with Gasteiger partial charge in [-0.15, -0.1) is 6.58 Å². The van der Waals surface area contributed by atoms with Gasteiger partial charge < -0.3 is 9.73 Å². The van der Waals surface area contributed by atoms with Crippen molar-refractivity contribution >= 4 is 0 Å². The van der Waals surface area contributed by atoms with Crippen molar-refractivity contribution in [3.8, 4) is 0 Å². The Bertz CT molecular complexity index is 251. The summed E-state index contributed by atoms with van der Waals surface area (Å²) in [6.07, 6.45) is 2.64. The molecule has 1 unspecified atom stereocenters. The molecule has 0 radical (unpaired) electrons. The first-order chi connectivity index (χ1) is 6.24. The topological polar surface area (TPSA) is 25.2 Å². The van der Waals surface area contributed by atoms with Crippen LogP contribution in [-0.2, 0) is 0 Å². The lowest BCUT2D eigenvalue weighted by molar-refractivity contribution is 0.416. The Kier molecular flexibility index (Phi) is 3.77. The van der Waals surface area contributed by atoms with Crippen molar-refractivity contribution in [2.24, 2.45) is 0 Å². The average Bonchev–Trinajstić information content (AvgIpc) is 2.54. The molecule has 1 atom stereocenters. The molecule has 0 bridgehead atoms. The molecular formula is C11H17NO. The third-order valence-electron chi connectivity index (χ3n) is 1.89. The second-order valence-corrected chi connectivity index (χ2v) is 3.29. The fourth-order valence-electron chi connectivity index (χ4n) is 1.36. The van der Waals surface area contributed by atoms with Gasteiger partial charge in [-0.05, 0) is 32.0 Å². The van der Waals surface area contributed by atoms with Gasteiger partial charge in [-0.1, -0.05) is 12.5 Å². The molecule has 1 aromatic rings. The van der Waals surface area contributed by atoms with Crippen LogP contribution < -0.4 is 5.32 Å². The molecule has 72 valence electrons. The summed E-state index contributed by atoms with van der Waals surface area (Å²) in [5.41, 5.74) is 1.17. The number of furan rings is 1. The zero-order valence-corrected chi connectivity index (χ0v) is 8.34. The summed E-state index contributed by atoms with van der Waals surface area (Å²) < 4.78 is 5.35. The fraction of sp³-hybridized carbons (Fsp3) is 0.455. The first-order valence-electron chi connectivity index (χ1n) is 4.65. The highest BCUT2D eigenvalue weighted by atomic mass is 16.3. The molecule has 0 spiro atoms. The largest absolute Gasteiger partial charge is 0.468 e. The zero-order valence-electron chi connectivity index (χ0n) is 8.34. The monoisotopic (exact) mass is 179 g/mol. The van der Waals surface area contributed by atoms with Crippen LogP contribution in [-0.4, -0.2) is 6.54 Å². The van der Waals surface area contributed by atoms with Gasteiger partial charge in [0.25, 0.3) is 0 Å². The lowest BCUT2D eigenvalue weighted by Crippen LogP contribution is -2.20. The molecule has 1 aromatic heterocycles. The van der Waals surface area contributed by atoms with Gasteiger partial charge in [0.1, 0.15) is 5.76 Å². The minimum absolute atomic E-state index is 0.275. The highest BCUT2D eigenvalue weighted by Crippen LogP contribution is 2.20. The molecular weight excluding hydrogens is 162 g/mol. The quantitative estimate of drug-likeness (QED) is 0.703. The predicted molar refractivity (Wildman–Crippen MR) is 54.6 cm³/mol. The van der Waals surface area contributed by atoms with Gasteiger partial charge in [-0.25, -0.2) is 0 Å². The molecule has 2 heteroatoms. The Balaban J connectivity index is 2.62. The summed E-state index contributed by atoms with van der Waals surface area (Å²) in [5.74, 6) is 0.991. The Morgan fingerprint density at radius 2 is 2.46 bits per heavy atom. The van der Waals surface area contributed by atoms with Gasteiger partial charge in [-0.2, -0.15) is 0 Å². The Labute approximate surface area is 79.6 Å². The molecule has 0 aliphatic carbocycles. The summed E-state index contributed by atoms with van der Waals surface area (Å²) in [6.45, 7) is 8.98. The van der Waals surface area contributed by atoms with E-state index in [1.165, 1.54) is 5.57 Å². The molecule has 0 amide bonds. The van der Waals surface area contributed by atoms with E-state index in [-0.39, 0.29) is 6.04 Å². The maximum Gasteiger partial charge on any atom is 0.120 e. The molecule has 0 aliphatic heterocycles.